The van der Waals surface area contributed by atoms with Crippen LogP contribution in [-0.2, 0) is 15.9 Å². The van der Waals surface area contributed by atoms with Gasteiger partial charge in [0.15, 0.2) is 5.96 Å². The minimum absolute atomic E-state index is 0. The molecule has 0 aliphatic carbocycles. The Morgan fingerprint density at radius 2 is 1.87 bits per heavy atom. The number of nitrogens with one attached hydrogen (secondary N) is 1. The second-order valence-corrected chi connectivity index (χ2v) is 8.49. The number of guanidine groups is 1. The summed E-state index contributed by atoms with van der Waals surface area (Å²) in [6.45, 7) is 11.9. The Bertz CT molecular complexity index is 634. The van der Waals surface area contributed by atoms with Crippen molar-refractivity contribution in [3.8, 4) is 0 Å². The number of aryl methyl sites for hydroxylation is 2. The maximum atomic E-state index is 6.16. The fourth-order valence-electron chi connectivity index (χ4n) is 4.35. The van der Waals surface area contributed by atoms with Crippen LogP contribution in [0, 0.1) is 13.8 Å². The molecule has 2 fully saturated rings. The molecule has 2 saturated heterocycles. The number of piperidine rings is 1. The van der Waals surface area contributed by atoms with Crippen LogP contribution in [0.1, 0.15) is 55.7 Å². The van der Waals surface area contributed by atoms with Crippen LogP contribution in [0.25, 0.3) is 0 Å². The van der Waals surface area contributed by atoms with Gasteiger partial charge in [0.2, 0.25) is 0 Å². The molecule has 0 bridgehead atoms. The molecule has 30 heavy (non-hydrogen) atoms. The third-order valence-corrected chi connectivity index (χ3v) is 5.81. The van der Waals surface area contributed by atoms with Crippen LogP contribution in [-0.4, -0.2) is 62.5 Å². The second kappa shape index (κ2) is 13.5. The van der Waals surface area contributed by atoms with Crippen LogP contribution < -0.4 is 5.32 Å². The van der Waals surface area contributed by atoms with Crippen molar-refractivity contribution in [2.24, 2.45) is 4.99 Å². The molecular weight excluding hydrogens is 489 g/mol. The first kappa shape index (κ1) is 25.4. The molecule has 2 aliphatic heterocycles. The van der Waals surface area contributed by atoms with E-state index in [0.29, 0.717) is 12.2 Å². The third-order valence-electron chi connectivity index (χ3n) is 5.81. The average Bonchev–Trinajstić information content (AvgIpc) is 2.72. The van der Waals surface area contributed by atoms with Gasteiger partial charge < -0.3 is 19.7 Å². The molecule has 1 atom stereocenters. The highest BCUT2D eigenvalue weighted by atomic mass is 127. The van der Waals surface area contributed by atoms with Crippen LogP contribution in [0.2, 0.25) is 0 Å². The van der Waals surface area contributed by atoms with Gasteiger partial charge in [-0.15, -0.1) is 24.0 Å². The summed E-state index contributed by atoms with van der Waals surface area (Å²) in [7, 11) is 0. The molecule has 1 aromatic rings. The summed E-state index contributed by atoms with van der Waals surface area (Å²) >= 11 is 0. The number of hydrogen-bond donors (Lipinski definition) is 1. The van der Waals surface area contributed by atoms with E-state index < -0.39 is 0 Å². The SMILES string of the molecule is CCNC(=NCCc1cc(C)cc(C)c1)N1CCC(OCC2CCCCO2)CC1.I. The molecule has 0 saturated carbocycles. The van der Waals surface area contributed by atoms with Crippen molar-refractivity contribution < 1.29 is 9.47 Å². The normalized spacial score (nSPS) is 20.7. The Morgan fingerprint density at radius 3 is 2.50 bits per heavy atom. The summed E-state index contributed by atoms with van der Waals surface area (Å²) in [5, 5.41) is 3.48. The maximum Gasteiger partial charge on any atom is 0.193 e. The van der Waals surface area contributed by atoms with Gasteiger partial charge >= 0.3 is 0 Å². The molecule has 1 N–H and O–H groups in total. The number of nitrogens with zero attached hydrogens (tertiary/aromatic N) is 2. The van der Waals surface area contributed by atoms with Crippen molar-refractivity contribution in [3.05, 3.63) is 34.9 Å². The number of aliphatic imine (C=N–C) groups is 1. The van der Waals surface area contributed by atoms with E-state index >= 15 is 0 Å². The van der Waals surface area contributed by atoms with Crippen molar-refractivity contribution in [1.29, 1.82) is 0 Å². The largest absolute Gasteiger partial charge is 0.376 e. The van der Waals surface area contributed by atoms with Crippen molar-refractivity contribution in [2.45, 2.75) is 71.5 Å². The van der Waals surface area contributed by atoms with E-state index in [9.17, 15) is 0 Å². The number of ether oxygens (including phenoxy) is 2. The van der Waals surface area contributed by atoms with Gasteiger partial charge in [-0.3, -0.25) is 4.99 Å². The number of hydrogen-bond acceptors (Lipinski definition) is 3. The lowest BCUT2D eigenvalue weighted by atomic mass is 10.1. The van der Waals surface area contributed by atoms with E-state index in [1.165, 1.54) is 29.5 Å². The van der Waals surface area contributed by atoms with Crippen LogP contribution >= 0.6 is 24.0 Å². The van der Waals surface area contributed by atoms with Crippen molar-refractivity contribution >= 4 is 29.9 Å². The zero-order valence-electron chi connectivity index (χ0n) is 19.0. The molecule has 170 valence electrons. The Balaban J connectivity index is 0.00000320. The zero-order valence-corrected chi connectivity index (χ0v) is 21.3. The van der Waals surface area contributed by atoms with E-state index in [2.05, 4.69) is 49.2 Å². The van der Waals surface area contributed by atoms with Crippen LogP contribution in [0.4, 0.5) is 0 Å². The van der Waals surface area contributed by atoms with E-state index in [1.807, 2.05) is 0 Å². The molecule has 1 unspecified atom stereocenters. The first-order valence-electron chi connectivity index (χ1n) is 11.5. The highest BCUT2D eigenvalue weighted by Gasteiger charge is 2.23. The van der Waals surface area contributed by atoms with Gasteiger partial charge in [-0.05, 0) is 64.9 Å². The predicted octanol–water partition coefficient (Wildman–Crippen LogP) is 4.48. The summed E-state index contributed by atoms with van der Waals surface area (Å²) in [5.74, 6) is 1.05. The van der Waals surface area contributed by atoms with Crippen LogP contribution in [0.5, 0.6) is 0 Å². The first-order chi connectivity index (χ1) is 14.1. The van der Waals surface area contributed by atoms with Gasteiger partial charge in [0.25, 0.3) is 0 Å². The molecule has 1 aromatic carbocycles. The summed E-state index contributed by atoms with van der Waals surface area (Å²) < 4.78 is 12.0. The quantitative estimate of drug-likeness (QED) is 0.322. The topological polar surface area (TPSA) is 46.1 Å². The molecule has 0 radical (unpaired) electrons. The van der Waals surface area contributed by atoms with E-state index in [1.54, 1.807) is 0 Å². The highest BCUT2D eigenvalue weighted by Crippen LogP contribution is 2.18. The fraction of sp³-hybridized carbons (Fsp3) is 0.708. The number of benzene rings is 1. The van der Waals surface area contributed by atoms with E-state index in [0.717, 1.165) is 71.0 Å². The maximum absolute atomic E-state index is 6.16. The molecule has 2 heterocycles. The molecule has 0 amide bonds. The summed E-state index contributed by atoms with van der Waals surface area (Å²) in [6, 6.07) is 6.77. The smallest absolute Gasteiger partial charge is 0.193 e. The van der Waals surface area contributed by atoms with Gasteiger partial charge in [0, 0.05) is 32.8 Å². The molecule has 2 aliphatic rings. The predicted molar refractivity (Wildman–Crippen MR) is 135 cm³/mol. The standard InChI is InChI=1S/C24H39N3O2.HI/c1-4-25-24(26-11-8-21-16-19(2)15-20(3)17-21)27-12-9-22(10-13-27)29-18-23-7-5-6-14-28-23;/h15-17,22-23H,4-14,18H2,1-3H3,(H,25,26);1H. The van der Waals surface area contributed by atoms with Gasteiger partial charge in [-0.25, -0.2) is 0 Å². The van der Waals surface area contributed by atoms with E-state index in [-0.39, 0.29) is 24.0 Å². The molecule has 0 aromatic heterocycles. The Kier molecular flexibility index (Phi) is 11.5. The minimum atomic E-state index is 0. The number of halogens is 1. The van der Waals surface area contributed by atoms with Crippen LogP contribution in [0.3, 0.4) is 0 Å². The molecule has 6 heteroatoms. The van der Waals surface area contributed by atoms with Crippen LogP contribution in [0.15, 0.2) is 23.2 Å². The lowest BCUT2D eigenvalue weighted by Crippen LogP contribution is -2.47. The van der Waals surface area contributed by atoms with Crippen molar-refractivity contribution in [3.63, 3.8) is 0 Å². The second-order valence-electron chi connectivity index (χ2n) is 8.49. The zero-order chi connectivity index (χ0) is 20.5. The molecular formula is C24H40IN3O2. The minimum Gasteiger partial charge on any atom is -0.376 e. The van der Waals surface area contributed by atoms with Crippen molar-refractivity contribution in [2.75, 3.05) is 39.4 Å². The van der Waals surface area contributed by atoms with Crippen molar-refractivity contribution in [1.82, 2.24) is 10.2 Å². The number of rotatable bonds is 7. The first-order valence-corrected chi connectivity index (χ1v) is 11.5. The van der Waals surface area contributed by atoms with Gasteiger partial charge in [0.1, 0.15) is 0 Å². The lowest BCUT2D eigenvalue weighted by molar-refractivity contribution is -0.0721. The average molecular weight is 530 g/mol. The van der Waals surface area contributed by atoms with Gasteiger partial charge in [-0.1, -0.05) is 29.3 Å². The number of likely N-dealkylation sites (tertiary alicyclic amines) is 1. The lowest BCUT2D eigenvalue weighted by Gasteiger charge is -2.35. The van der Waals surface area contributed by atoms with E-state index in [4.69, 9.17) is 14.5 Å². The Morgan fingerprint density at radius 1 is 1.13 bits per heavy atom. The summed E-state index contributed by atoms with van der Waals surface area (Å²) in [4.78, 5) is 7.30. The van der Waals surface area contributed by atoms with Gasteiger partial charge in [0.05, 0.1) is 18.8 Å². The monoisotopic (exact) mass is 529 g/mol. The molecule has 3 rings (SSSR count). The summed E-state index contributed by atoms with van der Waals surface area (Å²) in [6.07, 6.45) is 7.40. The Labute approximate surface area is 200 Å². The van der Waals surface area contributed by atoms with Gasteiger partial charge in [-0.2, -0.15) is 0 Å². The third kappa shape index (κ3) is 8.35. The fourth-order valence-corrected chi connectivity index (χ4v) is 4.35. The highest BCUT2D eigenvalue weighted by molar-refractivity contribution is 14.0. The Hall–Kier alpha value is -0.860. The molecule has 0 spiro atoms. The summed E-state index contributed by atoms with van der Waals surface area (Å²) in [5.41, 5.74) is 4.03. The molecule has 5 nitrogen and oxygen atoms in total.